The number of rotatable bonds is 3. The van der Waals surface area contributed by atoms with Gasteiger partial charge in [-0.3, -0.25) is 0 Å². The molecule has 2 aromatic rings. The number of hydrogen-bond acceptors (Lipinski definition) is 4. The number of nitrogen functional groups attached to an aromatic ring is 1. The van der Waals surface area contributed by atoms with Crippen LogP contribution in [0.25, 0.3) is 0 Å². The fourth-order valence-electron chi connectivity index (χ4n) is 1.62. The first-order chi connectivity index (χ1) is 9.10. The van der Waals surface area contributed by atoms with Gasteiger partial charge in [0.2, 0.25) is 0 Å². The van der Waals surface area contributed by atoms with Crippen molar-refractivity contribution in [1.29, 1.82) is 0 Å². The van der Waals surface area contributed by atoms with Gasteiger partial charge in [-0.2, -0.15) is 0 Å². The molecule has 0 fully saturated rings. The largest absolute Gasteiger partial charge is 0.465 e. The molecule has 0 aliphatic rings. The molecule has 0 aromatic heterocycles. The molecule has 4 nitrogen and oxygen atoms in total. The van der Waals surface area contributed by atoms with E-state index >= 15 is 0 Å². The van der Waals surface area contributed by atoms with E-state index in [0.717, 1.165) is 5.56 Å². The third kappa shape index (κ3) is 3.04. The van der Waals surface area contributed by atoms with Gasteiger partial charge >= 0.3 is 5.97 Å². The van der Waals surface area contributed by atoms with Crippen LogP contribution in [0.2, 0.25) is 0 Å². The van der Waals surface area contributed by atoms with Crippen LogP contribution in [-0.2, 0) is 4.74 Å². The maximum atomic E-state index is 11.4. The van der Waals surface area contributed by atoms with E-state index in [0.29, 0.717) is 22.7 Å². The fourth-order valence-corrected chi connectivity index (χ4v) is 1.62. The summed E-state index contributed by atoms with van der Waals surface area (Å²) in [5, 5.41) is 0. The van der Waals surface area contributed by atoms with Crippen LogP contribution in [0.3, 0.4) is 0 Å². The first-order valence-electron chi connectivity index (χ1n) is 5.82. The Labute approximate surface area is 111 Å². The zero-order chi connectivity index (χ0) is 13.8. The predicted molar refractivity (Wildman–Crippen MR) is 73.4 cm³/mol. The van der Waals surface area contributed by atoms with Gasteiger partial charge in [-0.15, -0.1) is 0 Å². The van der Waals surface area contributed by atoms with Crippen molar-refractivity contribution in [2.75, 3.05) is 12.8 Å². The van der Waals surface area contributed by atoms with Gasteiger partial charge in [0.15, 0.2) is 0 Å². The average Bonchev–Trinajstić information content (AvgIpc) is 2.42. The summed E-state index contributed by atoms with van der Waals surface area (Å²) in [4.78, 5) is 11.4. The van der Waals surface area contributed by atoms with Gasteiger partial charge in [0.05, 0.1) is 18.4 Å². The lowest BCUT2D eigenvalue weighted by molar-refractivity contribution is 0.0601. The lowest BCUT2D eigenvalue weighted by atomic mass is 10.2. The summed E-state index contributed by atoms with van der Waals surface area (Å²) in [5.41, 5.74) is 7.80. The summed E-state index contributed by atoms with van der Waals surface area (Å²) in [6.45, 7) is 2.00. The number of hydrogen-bond donors (Lipinski definition) is 1. The second-order valence-corrected chi connectivity index (χ2v) is 4.16. The molecule has 4 heteroatoms. The van der Waals surface area contributed by atoms with Gasteiger partial charge < -0.3 is 15.2 Å². The van der Waals surface area contributed by atoms with Crippen LogP contribution in [0.4, 0.5) is 5.69 Å². The number of carbonyl (C=O) groups excluding carboxylic acids is 1. The monoisotopic (exact) mass is 257 g/mol. The topological polar surface area (TPSA) is 61.5 Å². The van der Waals surface area contributed by atoms with Crippen LogP contribution < -0.4 is 10.5 Å². The number of anilines is 1. The maximum absolute atomic E-state index is 11.4. The van der Waals surface area contributed by atoms with Gasteiger partial charge in [0.25, 0.3) is 0 Å². The summed E-state index contributed by atoms with van der Waals surface area (Å²) in [5.74, 6) is 0.785. The fraction of sp³-hybridized carbons (Fsp3) is 0.133. The van der Waals surface area contributed by atoms with E-state index in [1.54, 1.807) is 12.1 Å². The number of ether oxygens (including phenoxy) is 2. The molecular weight excluding hydrogens is 242 g/mol. The first-order valence-corrected chi connectivity index (χ1v) is 5.82. The Morgan fingerprint density at radius 2 is 1.79 bits per heavy atom. The zero-order valence-electron chi connectivity index (χ0n) is 10.8. The predicted octanol–water partition coefficient (Wildman–Crippen LogP) is 3.16. The molecular formula is C15H15NO3. The lowest BCUT2D eigenvalue weighted by Crippen LogP contribution is -2.02. The van der Waals surface area contributed by atoms with E-state index in [9.17, 15) is 4.79 Å². The van der Waals surface area contributed by atoms with E-state index in [1.807, 2.05) is 31.2 Å². The molecule has 2 N–H and O–H groups in total. The molecule has 0 saturated heterocycles. The van der Waals surface area contributed by atoms with Crippen molar-refractivity contribution < 1.29 is 14.3 Å². The second kappa shape index (κ2) is 5.44. The van der Waals surface area contributed by atoms with Crippen molar-refractivity contribution in [2.24, 2.45) is 0 Å². The Bertz CT molecular complexity index is 591. The van der Waals surface area contributed by atoms with Crippen molar-refractivity contribution in [3.8, 4) is 11.5 Å². The van der Waals surface area contributed by atoms with Crippen LogP contribution >= 0.6 is 0 Å². The summed E-state index contributed by atoms with van der Waals surface area (Å²) in [6, 6.07) is 12.4. The van der Waals surface area contributed by atoms with Crippen molar-refractivity contribution in [2.45, 2.75) is 6.92 Å². The van der Waals surface area contributed by atoms with Gasteiger partial charge in [-0.1, -0.05) is 17.7 Å². The van der Waals surface area contributed by atoms with Gasteiger partial charge in [0.1, 0.15) is 11.5 Å². The molecule has 0 aliphatic heterocycles. The van der Waals surface area contributed by atoms with Crippen molar-refractivity contribution in [3.63, 3.8) is 0 Å². The molecule has 19 heavy (non-hydrogen) atoms. The van der Waals surface area contributed by atoms with E-state index in [1.165, 1.54) is 13.2 Å². The number of carbonyl (C=O) groups is 1. The molecule has 0 spiro atoms. The van der Waals surface area contributed by atoms with Gasteiger partial charge in [-0.05, 0) is 37.3 Å². The molecule has 2 aromatic carbocycles. The number of methoxy groups -OCH3 is 1. The van der Waals surface area contributed by atoms with Crippen LogP contribution in [0.15, 0.2) is 42.5 Å². The highest BCUT2D eigenvalue weighted by Gasteiger charge is 2.09. The highest BCUT2D eigenvalue weighted by Crippen LogP contribution is 2.28. The SMILES string of the molecule is COC(=O)c1ccc(Oc2ccc(C)cc2)c(N)c1. The molecule has 0 heterocycles. The summed E-state index contributed by atoms with van der Waals surface area (Å²) >= 11 is 0. The van der Waals surface area contributed by atoms with E-state index in [-0.39, 0.29) is 0 Å². The summed E-state index contributed by atoms with van der Waals surface area (Å²) < 4.78 is 10.3. The van der Waals surface area contributed by atoms with E-state index in [4.69, 9.17) is 10.5 Å². The van der Waals surface area contributed by atoms with Crippen molar-refractivity contribution >= 4 is 11.7 Å². The highest BCUT2D eigenvalue weighted by atomic mass is 16.5. The zero-order valence-corrected chi connectivity index (χ0v) is 10.8. The Morgan fingerprint density at radius 3 is 2.37 bits per heavy atom. The molecule has 0 bridgehead atoms. The number of nitrogens with two attached hydrogens (primary N) is 1. The summed E-state index contributed by atoms with van der Waals surface area (Å²) in [7, 11) is 1.33. The van der Waals surface area contributed by atoms with Crippen molar-refractivity contribution in [3.05, 3.63) is 53.6 Å². The van der Waals surface area contributed by atoms with Gasteiger partial charge in [-0.25, -0.2) is 4.79 Å². The Hall–Kier alpha value is -2.49. The lowest BCUT2D eigenvalue weighted by Gasteiger charge is -2.09. The smallest absolute Gasteiger partial charge is 0.337 e. The van der Waals surface area contributed by atoms with Crippen LogP contribution in [0, 0.1) is 6.92 Å². The average molecular weight is 257 g/mol. The normalized spacial score (nSPS) is 10.0. The minimum Gasteiger partial charge on any atom is -0.465 e. The first kappa shape index (κ1) is 13.0. The third-order valence-corrected chi connectivity index (χ3v) is 2.68. The highest BCUT2D eigenvalue weighted by molar-refractivity contribution is 5.90. The molecule has 0 unspecified atom stereocenters. The maximum Gasteiger partial charge on any atom is 0.337 e. The molecule has 0 amide bonds. The second-order valence-electron chi connectivity index (χ2n) is 4.16. The van der Waals surface area contributed by atoms with Crippen LogP contribution in [0.1, 0.15) is 15.9 Å². The molecule has 0 aliphatic carbocycles. The molecule has 98 valence electrons. The third-order valence-electron chi connectivity index (χ3n) is 2.68. The van der Waals surface area contributed by atoms with Crippen LogP contribution in [0.5, 0.6) is 11.5 Å². The molecule has 0 saturated carbocycles. The summed E-state index contributed by atoms with van der Waals surface area (Å²) in [6.07, 6.45) is 0. The van der Waals surface area contributed by atoms with Crippen molar-refractivity contribution in [1.82, 2.24) is 0 Å². The number of esters is 1. The van der Waals surface area contributed by atoms with Crippen LogP contribution in [-0.4, -0.2) is 13.1 Å². The molecule has 0 radical (unpaired) electrons. The Kier molecular flexibility index (Phi) is 3.71. The molecule has 2 rings (SSSR count). The Morgan fingerprint density at radius 1 is 1.11 bits per heavy atom. The van der Waals surface area contributed by atoms with E-state index in [2.05, 4.69) is 4.74 Å². The quantitative estimate of drug-likeness (QED) is 0.677. The minimum atomic E-state index is -0.423. The van der Waals surface area contributed by atoms with E-state index < -0.39 is 5.97 Å². The standard InChI is InChI=1S/C15H15NO3/c1-10-3-6-12(7-4-10)19-14-8-5-11(9-13(14)16)15(17)18-2/h3-9H,16H2,1-2H3. The minimum absolute atomic E-state index is 0.392. The number of aryl methyl sites for hydroxylation is 1. The van der Waals surface area contributed by atoms with Gasteiger partial charge in [0, 0.05) is 0 Å². The number of benzene rings is 2. The Balaban J connectivity index is 2.22. The molecule has 0 atom stereocenters.